The van der Waals surface area contributed by atoms with E-state index in [-0.39, 0.29) is 12.0 Å². The lowest BCUT2D eigenvalue weighted by Crippen LogP contribution is -2.43. The predicted molar refractivity (Wildman–Crippen MR) is 55.3 cm³/mol. The zero-order valence-corrected chi connectivity index (χ0v) is 9.16. The number of carbonyl (C=O) groups is 1. The number of aliphatic carboxylic acids is 1. The summed E-state index contributed by atoms with van der Waals surface area (Å²) in [7, 11) is 3.93. The summed E-state index contributed by atoms with van der Waals surface area (Å²) < 4.78 is 0. The van der Waals surface area contributed by atoms with Crippen LogP contribution in [-0.2, 0) is 4.79 Å². The van der Waals surface area contributed by atoms with Gasteiger partial charge in [0.15, 0.2) is 0 Å². The Kier molecular flexibility index (Phi) is 3.89. The Morgan fingerprint density at radius 3 is 2.64 bits per heavy atom. The number of carboxylic acid groups (broad SMARTS) is 1. The maximum absolute atomic E-state index is 10.9. The molecular weight excluding hydrogens is 180 g/mol. The molecule has 3 atom stereocenters. The van der Waals surface area contributed by atoms with Crippen LogP contribution in [0.2, 0.25) is 0 Å². The second-order valence-electron chi connectivity index (χ2n) is 4.25. The van der Waals surface area contributed by atoms with Crippen molar-refractivity contribution < 1.29 is 9.90 Å². The maximum atomic E-state index is 10.9. The summed E-state index contributed by atoms with van der Waals surface area (Å²) >= 11 is 0. The van der Waals surface area contributed by atoms with Crippen LogP contribution in [0.3, 0.4) is 0 Å². The molecule has 0 spiro atoms. The van der Waals surface area contributed by atoms with Gasteiger partial charge in [0.1, 0.15) is 0 Å². The van der Waals surface area contributed by atoms with Gasteiger partial charge in [-0.1, -0.05) is 6.92 Å². The van der Waals surface area contributed by atoms with Crippen LogP contribution in [0.1, 0.15) is 13.3 Å². The fourth-order valence-corrected chi connectivity index (χ4v) is 2.31. The van der Waals surface area contributed by atoms with Crippen LogP contribution in [-0.4, -0.2) is 49.2 Å². The van der Waals surface area contributed by atoms with E-state index in [1.165, 1.54) is 0 Å². The zero-order chi connectivity index (χ0) is 10.7. The second-order valence-corrected chi connectivity index (χ2v) is 4.25. The van der Waals surface area contributed by atoms with Crippen molar-refractivity contribution in [3.05, 3.63) is 0 Å². The quantitative estimate of drug-likeness (QED) is 0.683. The van der Waals surface area contributed by atoms with E-state index in [4.69, 9.17) is 5.11 Å². The topological polar surface area (TPSA) is 52.6 Å². The third-order valence-electron chi connectivity index (χ3n) is 3.20. The third-order valence-corrected chi connectivity index (χ3v) is 3.20. The van der Waals surface area contributed by atoms with Crippen molar-refractivity contribution in [1.82, 2.24) is 10.2 Å². The normalized spacial score (nSPS) is 27.5. The highest BCUT2D eigenvalue weighted by Crippen LogP contribution is 2.23. The lowest BCUT2D eigenvalue weighted by molar-refractivity contribution is -0.142. The Bertz CT molecular complexity index is 208. The molecule has 4 nitrogen and oxygen atoms in total. The summed E-state index contributed by atoms with van der Waals surface area (Å²) in [6.45, 7) is 3.86. The Morgan fingerprint density at radius 1 is 1.64 bits per heavy atom. The predicted octanol–water partition coefficient (Wildman–Crippen LogP) is 0.247. The van der Waals surface area contributed by atoms with E-state index in [1.807, 2.05) is 7.05 Å². The van der Waals surface area contributed by atoms with Gasteiger partial charge in [-0.3, -0.25) is 4.79 Å². The van der Waals surface area contributed by atoms with Crippen LogP contribution in [0, 0.1) is 11.8 Å². The van der Waals surface area contributed by atoms with E-state index >= 15 is 0 Å². The number of carboxylic acids is 1. The second kappa shape index (κ2) is 4.75. The fraction of sp³-hybridized carbons (Fsp3) is 0.900. The largest absolute Gasteiger partial charge is 0.481 e. The van der Waals surface area contributed by atoms with Crippen LogP contribution >= 0.6 is 0 Å². The average Bonchev–Trinajstić information content (AvgIpc) is 2.53. The average molecular weight is 200 g/mol. The van der Waals surface area contributed by atoms with Crippen LogP contribution < -0.4 is 5.32 Å². The van der Waals surface area contributed by atoms with Crippen LogP contribution in [0.25, 0.3) is 0 Å². The van der Waals surface area contributed by atoms with Crippen molar-refractivity contribution in [2.24, 2.45) is 11.8 Å². The Morgan fingerprint density at radius 2 is 2.29 bits per heavy atom. The molecule has 14 heavy (non-hydrogen) atoms. The molecule has 3 unspecified atom stereocenters. The molecular formula is C10H20N2O2. The molecule has 0 aromatic rings. The first kappa shape index (κ1) is 11.5. The molecule has 1 rings (SSSR count). The van der Waals surface area contributed by atoms with E-state index in [2.05, 4.69) is 17.3 Å². The molecule has 1 aliphatic heterocycles. The van der Waals surface area contributed by atoms with E-state index in [0.29, 0.717) is 5.92 Å². The Labute approximate surface area is 85.3 Å². The molecule has 0 bridgehead atoms. The van der Waals surface area contributed by atoms with E-state index in [9.17, 15) is 4.79 Å². The molecule has 0 aliphatic carbocycles. The molecule has 1 aliphatic rings. The SMILES string of the molecule is CNC(C1CCN(C)C1)C(C)C(=O)O. The van der Waals surface area contributed by atoms with Crippen molar-refractivity contribution in [3.8, 4) is 0 Å². The lowest BCUT2D eigenvalue weighted by Gasteiger charge is -2.26. The van der Waals surface area contributed by atoms with Crippen LogP contribution in [0.4, 0.5) is 0 Å². The molecule has 0 aromatic carbocycles. The first-order valence-corrected chi connectivity index (χ1v) is 5.15. The van der Waals surface area contributed by atoms with Gasteiger partial charge in [0, 0.05) is 12.6 Å². The van der Waals surface area contributed by atoms with Crippen molar-refractivity contribution in [3.63, 3.8) is 0 Å². The summed E-state index contributed by atoms with van der Waals surface area (Å²) in [5, 5.41) is 12.1. The van der Waals surface area contributed by atoms with E-state index in [0.717, 1.165) is 19.5 Å². The maximum Gasteiger partial charge on any atom is 0.307 e. The molecule has 1 fully saturated rings. The van der Waals surface area contributed by atoms with Gasteiger partial charge in [0.2, 0.25) is 0 Å². The van der Waals surface area contributed by atoms with Gasteiger partial charge >= 0.3 is 5.97 Å². The van der Waals surface area contributed by atoms with Gasteiger partial charge in [-0.2, -0.15) is 0 Å². The molecule has 1 saturated heterocycles. The molecule has 2 N–H and O–H groups in total. The number of hydrogen-bond acceptors (Lipinski definition) is 3. The summed E-state index contributed by atoms with van der Waals surface area (Å²) in [6.07, 6.45) is 1.10. The summed E-state index contributed by atoms with van der Waals surface area (Å²) in [6, 6.07) is 0.0949. The van der Waals surface area contributed by atoms with Crippen molar-refractivity contribution in [2.45, 2.75) is 19.4 Å². The minimum absolute atomic E-state index is 0.0949. The number of hydrogen-bond donors (Lipinski definition) is 2. The summed E-state index contributed by atoms with van der Waals surface area (Å²) in [5.74, 6) is -0.550. The fourth-order valence-electron chi connectivity index (χ4n) is 2.31. The molecule has 4 heteroatoms. The van der Waals surface area contributed by atoms with Gasteiger partial charge in [0.05, 0.1) is 5.92 Å². The zero-order valence-electron chi connectivity index (χ0n) is 9.16. The summed E-state index contributed by atoms with van der Waals surface area (Å²) in [5.41, 5.74) is 0. The van der Waals surface area contributed by atoms with Crippen LogP contribution in [0.5, 0.6) is 0 Å². The van der Waals surface area contributed by atoms with E-state index < -0.39 is 5.97 Å². The van der Waals surface area contributed by atoms with Gasteiger partial charge in [-0.15, -0.1) is 0 Å². The van der Waals surface area contributed by atoms with Crippen molar-refractivity contribution in [2.75, 3.05) is 27.2 Å². The van der Waals surface area contributed by atoms with Gasteiger partial charge in [-0.05, 0) is 33.0 Å². The summed E-state index contributed by atoms with van der Waals surface area (Å²) in [4.78, 5) is 13.1. The molecule has 0 saturated carbocycles. The lowest BCUT2D eigenvalue weighted by atomic mass is 9.89. The van der Waals surface area contributed by atoms with Crippen molar-refractivity contribution >= 4 is 5.97 Å². The molecule has 1 heterocycles. The Hall–Kier alpha value is -0.610. The monoisotopic (exact) mass is 200 g/mol. The highest BCUT2D eigenvalue weighted by Gasteiger charge is 2.33. The molecule has 0 radical (unpaired) electrons. The number of nitrogens with zero attached hydrogens (tertiary/aromatic N) is 1. The standard InChI is InChI=1S/C10H20N2O2/c1-7(10(13)14)9(11-2)8-4-5-12(3)6-8/h7-9,11H,4-6H2,1-3H3,(H,13,14). The minimum atomic E-state index is -0.709. The van der Waals surface area contributed by atoms with Gasteiger partial charge in [0.25, 0.3) is 0 Å². The number of nitrogens with one attached hydrogen (secondary N) is 1. The van der Waals surface area contributed by atoms with Crippen LogP contribution in [0.15, 0.2) is 0 Å². The molecule has 82 valence electrons. The van der Waals surface area contributed by atoms with Gasteiger partial charge in [-0.25, -0.2) is 0 Å². The highest BCUT2D eigenvalue weighted by atomic mass is 16.4. The number of rotatable bonds is 4. The van der Waals surface area contributed by atoms with Crippen molar-refractivity contribution in [1.29, 1.82) is 0 Å². The van der Waals surface area contributed by atoms with E-state index in [1.54, 1.807) is 6.92 Å². The molecule has 0 amide bonds. The third kappa shape index (κ3) is 2.45. The molecule has 0 aromatic heterocycles. The first-order valence-electron chi connectivity index (χ1n) is 5.15. The van der Waals surface area contributed by atoms with Gasteiger partial charge < -0.3 is 15.3 Å². The number of likely N-dealkylation sites (tertiary alicyclic amines) is 1. The first-order chi connectivity index (χ1) is 6.56. The smallest absolute Gasteiger partial charge is 0.307 e. The Balaban J connectivity index is 2.57. The minimum Gasteiger partial charge on any atom is -0.481 e. The highest BCUT2D eigenvalue weighted by molar-refractivity contribution is 5.70.